The fourth-order valence-corrected chi connectivity index (χ4v) is 2.67. The highest BCUT2D eigenvalue weighted by Gasteiger charge is 2.19. The highest BCUT2D eigenvalue weighted by molar-refractivity contribution is 5.74. The Morgan fingerprint density at radius 2 is 2.17 bits per heavy atom. The van der Waals surface area contributed by atoms with Crippen molar-refractivity contribution < 1.29 is 4.79 Å². The van der Waals surface area contributed by atoms with Gasteiger partial charge in [0.1, 0.15) is 5.82 Å². The molecule has 0 aromatic carbocycles. The first kappa shape index (κ1) is 13.1. The summed E-state index contributed by atoms with van der Waals surface area (Å²) in [7, 11) is 0. The van der Waals surface area contributed by atoms with Crippen LogP contribution in [0.15, 0.2) is 18.3 Å². The first-order valence-corrected chi connectivity index (χ1v) is 6.87. The zero-order chi connectivity index (χ0) is 13.0. The number of aromatic nitrogens is 1. The van der Waals surface area contributed by atoms with E-state index in [1.54, 1.807) is 6.20 Å². The minimum atomic E-state index is 0.647. The number of carbonyl (C=O) groups is 1. The number of anilines is 1. The maximum atomic E-state index is 10.6. The van der Waals surface area contributed by atoms with E-state index in [0.717, 1.165) is 37.0 Å². The molecule has 0 radical (unpaired) electrons. The van der Waals surface area contributed by atoms with Gasteiger partial charge in [-0.1, -0.05) is 13.8 Å². The molecule has 1 aromatic heterocycles. The Morgan fingerprint density at radius 3 is 2.78 bits per heavy atom. The number of pyridine rings is 1. The van der Waals surface area contributed by atoms with Gasteiger partial charge in [-0.2, -0.15) is 0 Å². The molecule has 2 heterocycles. The summed E-state index contributed by atoms with van der Waals surface area (Å²) in [5.41, 5.74) is 0.647. The molecule has 1 aliphatic rings. The van der Waals surface area contributed by atoms with Gasteiger partial charge in [0.25, 0.3) is 0 Å². The van der Waals surface area contributed by atoms with E-state index in [1.807, 2.05) is 12.1 Å². The van der Waals surface area contributed by atoms with Crippen molar-refractivity contribution in [1.29, 1.82) is 0 Å². The summed E-state index contributed by atoms with van der Waals surface area (Å²) in [6.45, 7) is 6.79. The van der Waals surface area contributed by atoms with Crippen LogP contribution in [0, 0.1) is 11.8 Å². The largest absolute Gasteiger partial charge is 0.357 e. The van der Waals surface area contributed by atoms with E-state index >= 15 is 0 Å². The van der Waals surface area contributed by atoms with E-state index in [9.17, 15) is 4.79 Å². The molecule has 18 heavy (non-hydrogen) atoms. The lowest BCUT2D eigenvalue weighted by molar-refractivity contribution is 0.112. The molecule has 0 spiro atoms. The number of hydrogen-bond donors (Lipinski definition) is 0. The number of nitrogens with zero attached hydrogens (tertiary/aromatic N) is 2. The second kappa shape index (κ2) is 5.98. The van der Waals surface area contributed by atoms with Crippen molar-refractivity contribution in [3.8, 4) is 0 Å². The van der Waals surface area contributed by atoms with Gasteiger partial charge in [-0.15, -0.1) is 0 Å². The van der Waals surface area contributed by atoms with Crippen LogP contribution < -0.4 is 4.90 Å². The van der Waals surface area contributed by atoms with E-state index in [1.165, 1.54) is 19.3 Å². The van der Waals surface area contributed by atoms with Gasteiger partial charge in [0.05, 0.1) is 0 Å². The van der Waals surface area contributed by atoms with Gasteiger partial charge in [-0.3, -0.25) is 4.79 Å². The smallest absolute Gasteiger partial charge is 0.151 e. The third-order valence-electron chi connectivity index (χ3n) is 3.95. The van der Waals surface area contributed by atoms with Gasteiger partial charge in [-0.25, -0.2) is 4.98 Å². The lowest BCUT2D eigenvalue weighted by atomic mass is 9.89. The van der Waals surface area contributed by atoms with E-state index in [4.69, 9.17) is 0 Å². The quantitative estimate of drug-likeness (QED) is 0.768. The normalized spacial score (nSPS) is 20.8. The van der Waals surface area contributed by atoms with Gasteiger partial charge in [0.2, 0.25) is 0 Å². The molecule has 0 saturated carbocycles. The molecule has 1 aromatic rings. The Labute approximate surface area is 109 Å². The van der Waals surface area contributed by atoms with Crippen LogP contribution in [0.4, 0.5) is 5.82 Å². The summed E-state index contributed by atoms with van der Waals surface area (Å²) < 4.78 is 0. The summed E-state index contributed by atoms with van der Waals surface area (Å²) in [5.74, 6) is 2.62. The second-order valence-electron chi connectivity index (χ2n) is 5.49. The molecule has 98 valence electrons. The SMILES string of the molecule is CC(C)C1CCCN(c2ccc(C=O)cn2)CC1. The molecule has 0 aliphatic carbocycles. The Bertz CT molecular complexity index is 386. The molecule has 1 saturated heterocycles. The third kappa shape index (κ3) is 3.09. The monoisotopic (exact) mass is 246 g/mol. The first-order valence-electron chi connectivity index (χ1n) is 6.87. The highest BCUT2D eigenvalue weighted by Crippen LogP contribution is 2.26. The van der Waals surface area contributed by atoms with Gasteiger partial charge in [0, 0.05) is 24.8 Å². The maximum Gasteiger partial charge on any atom is 0.151 e. The van der Waals surface area contributed by atoms with E-state index in [2.05, 4.69) is 23.7 Å². The molecule has 1 unspecified atom stereocenters. The van der Waals surface area contributed by atoms with Gasteiger partial charge < -0.3 is 4.90 Å². The number of hydrogen-bond acceptors (Lipinski definition) is 3. The molecule has 3 nitrogen and oxygen atoms in total. The van der Waals surface area contributed by atoms with Crippen LogP contribution in [0.25, 0.3) is 0 Å². The minimum Gasteiger partial charge on any atom is -0.357 e. The van der Waals surface area contributed by atoms with Crippen LogP contribution in [0.3, 0.4) is 0 Å². The van der Waals surface area contributed by atoms with Crippen LogP contribution in [0.5, 0.6) is 0 Å². The predicted octanol–water partition coefficient (Wildman–Crippen LogP) is 3.16. The van der Waals surface area contributed by atoms with Crippen molar-refractivity contribution in [1.82, 2.24) is 4.98 Å². The maximum absolute atomic E-state index is 10.6. The minimum absolute atomic E-state index is 0.647. The van der Waals surface area contributed by atoms with Gasteiger partial charge >= 0.3 is 0 Å². The number of rotatable bonds is 3. The Morgan fingerprint density at radius 1 is 1.33 bits per heavy atom. The summed E-state index contributed by atoms with van der Waals surface area (Å²) in [4.78, 5) is 17.3. The van der Waals surface area contributed by atoms with Gasteiger partial charge in [0.15, 0.2) is 6.29 Å². The average molecular weight is 246 g/mol. The molecule has 0 amide bonds. The Hall–Kier alpha value is -1.38. The fourth-order valence-electron chi connectivity index (χ4n) is 2.67. The molecule has 1 aliphatic heterocycles. The third-order valence-corrected chi connectivity index (χ3v) is 3.95. The molecule has 0 bridgehead atoms. The molecule has 1 fully saturated rings. The zero-order valence-corrected chi connectivity index (χ0v) is 11.3. The molecular weight excluding hydrogens is 224 g/mol. The Kier molecular flexibility index (Phi) is 4.34. The summed E-state index contributed by atoms with van der Waals surface area (Å²) in [6, 6.07) is 3.81. The van der Waals surface area contributed by atoms with E-state index < -0.39 is 0 Å². The van der Waals surface area contributed by atoms with Crippen LogP contribution >= 0.6 is 0 Å². The topological polar surface area (TPSA) is 33.2 Å². The van der Waals surface area contributed by atoms with Gasteiger partial charge in [-0.05, 0) is 43.2 Å². The average Bonchev–Trinajstić information content (AvgIpc) is 2.64. The van der Waals surface area contributed by atoms with Crippen LogP contribution in [0.1, 0.15) is 43.5 Å². The van der Waals surface area contributed by atoms with Crippen molar-refractivity contribution in [2.75, 3.05) is 18.0 Å². The second-order valence-corrected chi connectivity index (χ2v) is 5.49. The van der Waals surface area contributed by atoms with Crippen LogP contribution in [0.2, 0.25) is 0 Å². The highest BCUT2D eigenvalue weighted by atomic mass is 16.1. The van der Waals surface area contributed by atoms with Crippen LogP contribution in [-0.4, -0.2) is 24.4 Å². The van der Waals surface area contributed by atoms with Crippen molar-refractivity contribution in [2.24, 2.45) is 11.8 Å². The zero-order valence-electron chi connectivity index (χ0n) is 11.3. The van der Waals surface area contributed by atoms with E-state index in [-0.39, 0.29) is 0 Å². The fraction of sp³-hybridized carbons (Fsp3) is 0.600. The summed E-state index contributed by atoms with van der Waals surface area (Å²) >= 11 is 0. The first-order chi connectivity index (χ1) is 8.70. The molecule has 2 rings (SSSR count). The molecular formula is C15H22N2O. The van der Waals surface area contributed by atoms with Crippen molar-refractivity contribution >= 4 is 12.1 Å². The Balaban J connectivity index is 2.02. The summed E-state index contributed by atoms with van der Waals surface area (Å²) in [5, 5.41) is 0. The van der Waals surface area contributed by atoms with Crippen molar-refractivity contribution in [2.45, 2.75) is 33.1 Å². The lowest BCUT2D eigenvalue weighted by Crippen LogP contribution is -2.25. The van der Waals surface area contributed by atoms with Crippen molar-refractivity contribution in [3.63, 3.8) is 0 Å². The summed E-state index contributed by atoms with van der Waals surface area (Å²) in [6.07, 6.45) is 6.30. The lowest BCUT2D eigenvalue weighted by Gasteiger charge is -2.22. The van der Waals surface area contributed by atoms with Crippen LogP contribution in [-0.2, 0) is 0 Å². The molecule has 0 N–H and O–H groups in total. The standard InChI is InChI=1S/C15H22N2O/c1-12(2)14-4-3-8-17(9-7-14)15-6-5-13(11-18)10-16-15/h5-6,10-12,14H,3-4,7-9H2,1-2H3. The molecule has 3 heteroatoms. The van der Waals surface area contributed by atoms with E-state index in [0.29, 0.717) is 5.56 Å². The molecule has 1 atom stereocenters. The number of carbonyl (C=O) groups excluding carboxylic acids is 1. The number of aldehydes is 1. The van der Waals surface area contributed by atoms with Crippen molar-refractivity contribution in [3.05, 3.63) is 23.9 Å². The predicted molar refractivity (Wildman–Crippen MR) is 74.0 cm³/mol.